The zero-order valence-electron chi connectivity index (χ0n) is 15.1. The Balaban J connectivity index is 1.51. The van der Waals surface area contributed by atoms with E-state index in [1.54, 1.807) is 19.2 Å². The minimum Gasteiger partial charge on any atom is -0.497 e. The Hall–Kier alpha value is -2.31. The fourth-order valence-electron chi connectivity index (χ4n) is 3.31. The van der Waals surface area contributed by atoms with Gasteiger partial charge in [-0.05, 0) is 49.6 Å². The highest BCUT2D eigenvalue weighted by Crippen LogP contribution is 2.25. The third kappa shape index (κ3) is 4.65. The number of rotatable bonds is 7. The van der Waals surface area contributed by atoms with Crippen LogP contribution in [0.5, 0.6) is 5.75 Å². The number of amides is 1. The van der Waals surface area contributed by atoms with Crippen LogP contribution < -0.4 is 10.1 Å². The van der Waals surface area contributed by atoms with Crippen molar-refractivity contribution < 1.29 is 19.1 Å². The molecule has 1 aliphatic rings. The van der Waals surface area contributed by atoms with Gasteiger partial charge in [-0.15, -0.1) is 0 Å². The molecule has 140 valence electrons. The number of nitrogens with one attached hydrogen (secondary N) is 1. The highest BCUT2D eigenvalue weighted by molar-refractivity contribution is 5.92. The van der Waals surface area contributed by atoms with E-state index in [4.69, 9.17) is 9.15 Å². The van der Waals surface area contributed by atoms with E-state index in [0.717, 1.165) is 43.8 Å². The lowest BCUT2D eigenvalue weighted by Crippen LogP contribution is -2.41. The Labute approximate surface area is 153 Å². The first-order valence-electron chi connectivity index (χ1n) is 9.05. The van der Waals surface area contributed by atoms with Crippen LogP contribution in [0.15, 0.2) is 40.8 Å². The van der Waals surface area contributed by atoms with Gasteiger partial charge in [-0.1, -0.05) is 12.1 Å². The molecule has 0 spiro atoms. The molecule has 1 atom stereocenters. The summed E-state index contributed by atoms with van der Waals surface area (Å²) < 4.78 is 10.9. The van der Waals surface area contributed by atoms with Crippen molar-refractivity contribution in [2.24, 2.45) is 5.92 Å². The average molecular weight is 358 g/mol. The van der Waals surface area contributed by atoms with Crippen molar-refractivity contribution in [3.63, 3.8) is 0 Å². The van der Waals surface area contributed by atoms with E-state index in [-0.39, 0.29) is 12.5 Å². The Bertz CT molecular complexity index is 728. The topological polar surface area (TPSA) is 74.9 Å². The van der Waals surface area contributed by atoms with Gasteiger partial charge < -0.3 is 24.5 Å². The maximum Gasteiger partial charge on any atom is 0.287 e. The minimum absolute atomic E-state index is 0.213. The average Bonchev–Trinajstić information content (AvgIpc) is 3.18. The zero-order valence-corrected chi connectivity index (χ0v) is 15.1. The van der Waals surface area contributed by atoms with Crippen molar-refractivity contribution in [1.29, 1.82) is 0 Å². The maximum atomic E-state index is 12.3. The highest BCUT2D eigenvalue weighted by atomic mass is 16.5. The lowest BCUT2D eigenvalue weighted by molar-refractivity contribution is 0.0905. The minimum atomic E-state index is -0.213. The largest absolute Gasteiger partial charge is 0.497 e. The van der Waals surface area contributed by atoms with Gasteiger partial charge in [-0.3, -0.25) is 4.79 Å². The standard InChI is InChI=1S/C20H26N2O4/c1-25-17-6-2-5-16(12-17)18-7-8-19(26-18)20(24)21-9-11-22-10-3-4-15(13-22)14-23/h2,5-8,12,15,23H,3-4,9-11,13-14H2,1H3,(H,21,24). The summed E-state index contributed by atoms with van der Waals surface area (Å²) >= 11 is 0. The number of ether oxygens (including phenoxy) is 1. The monoisotopic (exact) mass is 358 g/mol. The third-order valence-corrected chi connectivity index (χ3v) is 4.76. The van der Waals surface area contributed by atoms with Crippen molar-refractivity contribution in [1.82, 2.24) is 10.2 Å². The number of hydrogen-bond donors (Lipinski definition) is 2. The molecule has 6 nitrogen and oxygen atoms in total. The summed E-state index contributed by atoms with van der Waals surface area (Å²) in [6, 6.07) is 11.0. The van der Waals surface area contributed by atoms with Crippen LogP contribution in [0.4, 0.5) is 0 Å². The Morgan fingerprint density at radius 3 is 3.08 bits per heavy atom. The molecule has 0 aliphatic carbocycles. The molecule has 2 heterocycles. The number of carbonyl (C=O) groups is 1. The molecular formula is C20H26N2O4. The summed E-state index contributed by atoms with van der Waals surface area (Å²) in [7, 11) is 1.62. The van der Waals surface area contributed by atoms with E-state index in [1.807, 2.05) is 24.3 Å². The van der Waals surface area contributed by atoms with Crippen LogP contribution in [0, 0.1) is 5.92 Å². The van der Waals surface area contributed by atoms with E-state index in [0.29, 0.717) is 24.0 Å². The van der Waals surface area contributed by atoms with Crippen LogP contribution in [0.3, 0.4) is 0 Å². The van der Waals surface area contributed by atoms with E-state index >= 15 is 0 Å². The molecule has 1 fully saturated rings. The van der Waals surface area contributed by atoms with Gasteiger partial charge in [0.1, 0.15) is 11.5 Å². The van der Waals surface area contributed by atoms with Gasteiger partial charge in [-0.2, -0.15) is 0 Å². The van der Waals surface area contributed by atoms with Crippen LogP contribution in [-0.4, -0.2) is 55.8 Å². The molecule has 1 aromatic carbocycles. The Morgan fingerprint density at radius 2 is 2.27 bits per heavy atom. The van der Waals surface area contributed by atoms with Gasteiger partial charge in [0.05, 0.1) is 7.11 Å². The quantitative estimate of drug-likeness (QED) is 0.795. The van der Waals surface area contributed by atoms with Crippen LogP contribution in [0.2, 0.25) is 0 Å². The second-order valence-electron chi connectivity index (χ2n) is 6.64. The Morgan fingerprint density at radius 1 is 1.38 bits per heavy atom. The number of aliphatic hydroxyl groups excluding tert-OH is 1. The van der Waals surface area contributed by atoms with Crippen molar-refractivity contribution in [3.8, 4) is 17.1 Å². The second-order valence-corrected chi connectivity index (χ2v) is 6.64. The van der Waals surface area contributed by atoms with E-state index in [9.17, 15) is 9.90 Å². The van der Waals surface area contributed by atoms with Gasteiger partial charge in [-0.25, -0.2) is 0 Å². The first-order chi connectivity index (χ1) is 12.7. The summed E-state index contributed by atoms with van der Waals surface area (Å²) in [6.45, 7) is 3.50. The first kappa shape index (κ1) is 18.5. The molecule has 1 amide bonds. The van der Waals surface area contributed by atoms with Crippen LogP contribution in [0.1, 0.15) is 23.4 Å². The highest BCUT2D eigenvalue weighted by Gasteiger charge is 2.19. The molecule has 26 heavy (non-hydrogen) atoms. The lowest BCUT2D eigenvalue weighted by atomic mass is 9.99. The molecule has 1 unspecified atom stereocenters. The van der Waals surface area contributed by atoms with Crippen LogP contribution in [0.25, 0.3) is 11.3 Å². The molecule has 1 aliphatic heterocycles. The molecule has 0 radical (unpaired) electrons. The third-order valence-electron chi connectivity index (χ3n) is 4.76. The first-order valence-corrected chi connectivity index (χ1v) is 9.05. The number of methoxy groups -OCH3 is 1. The smallest absolute Gasteiger partial charge is 0.287 e. The SMILES string of the molecule is COc1cccc(-c2ccc(C(=O)NCCN3CCCC(CO)C3)o2)c1. The summed E-state index contributed by atoms with van der Waals surface area (Å²) in [5, 5.41) is 12.2. The van der Waals surface area contributed by atoms with Crippen LogP contribution in [-0.2, 0) is 0 Å². The fraction of sp³-hybridized carbons (Fsp3) is 0.450. The van der Waals surface area contributed by atoms with E-state index in [1.165, 1.54) is 0 Å². The van der Waals surface area contributed by atoms with Gasteiger partial charge in [0.15, 0.2) is 5.76 Å². The van der Waals surface area contributed by atoms with Gasteiger partial charge in [0.25, 0.3) is 5.91 Å². The normalized spacial score (nSPS) is 17.8. The van der Waals surface area contributed by atoms with Gasteiger partial charge in [0.2, 0.25) is 0 Å². The Kier molecular flexibility index (Phi) is 6.30. The summed E-state index contributed by atoms with van der Waals surface area (Å²) in [5.74, 6) is 1.82. The summed E-state index contributed by atoms with van der Waals surface area (Å²) in [4.78, 5) is 14.6. The van der Waals surface area contributed by atoms with Crippen molar-refractivity contribution in [2.45, 2.75) is 12.8 Å². The van der Waals surface area contributed by atoms with Crippen molar-refractivity contribution in [2.75, 3.05) is 39.9 Å². The maximum absolute atomic E-state index is 12.3. The number of benzene rings is 1. The number of carbonyl (C=O) groups excluding carboxylic acids is 1. The van der Waals surface area contributed by atoms with E-state index in [2.05, 4.69) is 10.2 Å². The summed E-state index contributed by atoms with van der Waals surface area (Å²) in [5.41, 5.74) is 0.867. The second kappa shape index (κ2) is 8.87. The molecule has 1 aromatic heterocycles. The number of aliphatic hydroxyl groups is 1. The lowest BCUT2D eigenvalue weighted by Gasteiger charge is -2.31. The van der Waals surface area contributed by atoms with Crippen LogP contribution >= 0.6 is 0 Å². The number of furan rings is 1. The van der Waals surface area contributed by atoms with Gasteiger partial charge in [0, 0.05) is 31.8 Å². The number of hydrogen-bond acceptors (Lipinski definition) is 5. The molecular weight excluding hydrogens is 332 g/mol. The molecule has 2 aromatic rings. The van der Waals surface area contributed by atoms with Crippen molar-refractivity contribution >= 4 is 5.91 Å². The molecule has 3 rings (SSSR count). The molecule has 6 heteroatoms. The zero-order chi connectivity index (χ0) is 18.4. The fourth-order valence-corrected chi connectivity index (χ4v) is 3.31. The number of nitrogens with zero attached hydrogens (tertiary/aromatic N) is 1. The molecule has 2 N–H and O–H groups in total. The summed E-state index contributed by atoms with van der Waals surface area (Å²) in [6.07, 6.45) is 2.18. The predicted molar refractivity (Wildman–Crippen MR) is 99.3 cm³/mol. The predicted octanol–water partition coefficient (Wildman–Crippen LogP) is 2.39. The molecule has 1 saturated heterocycles. The van der Waals surface area contributed by atoms with E-state index < -0.39 is 0 Å². The van der Waals surface area contributed by atoms with Crippen molar-refractivity contribution in [3.05, 3.63) is 42.2 Å². The number of likely N-dealkylation sites (tertiary alicyclic amines) is 1. The molecule has 0 bridgehead atoms. The molecule has 0 saturated carbocycles. The van der Waals surface area contributed by atoms with Gasteiger partial charge >= 0.3 is 0 Å². The number of piperidine rings is 1.